The van der Waals surface area contributed by atoms with Crippen molar-refractivity contribution in [2.24, 2.45) is 0 Å². The van der Waals surface area contributed by atoms with E-state index in [4.69, 9.17) is 4.42 Å². The number of benzene rings is 2. The molecule has 2 amide bonds. The standard InChI is InChI=1S/C30H36N6O5S/c1-3-34(4-2)42(39,40)24-18-16-23(17-19-24)36(28(37)21-35-26-14-9-8-13-25(26)32-33-35)29(27-15-10-20-41-27)30(38)31-22-11-6-5-7-12-22/h8-10,13-20,22,29H,3-7,11-12,21H2,1-2H3,(H,31,38)/t29-/m0/s1. The van der Waals surface area contributed by atoms with Crippen LogP contribution in [0.1, 0.15) is 57.8 Å². The number of anilines is 1. The molecule has 1 N–H and O–H groups in total. The van der Waals surface area contributed by atoms with Gasteiger partial charge in [-0.15, -0.1) is 5.10 Å². The number of carbonyl (C=O) groups is 2. The number of nitrogens with zero attached hydrogens (tertiary/aromatic N) is 5. The minimum Gasteiger partial charge on any atom is -0.467 e. The molecule has 0 unspecified atom stereocenters. The highest BCUT2D eigenvalue weighted by Gasteiger charge is 2.36. The Morgan fingerprint density at radius 2 is 1.71 bits per heavy atom. The molecule has 42 heavy (non-hydrogen) atoms. The maximum atomic E-state index is 14.2. The van der Waals surface area contributed by atoms with Gasteiger partial charge in [0.25, 0.3) is 5.91 Å². The van der Waals surface area contributed by atoms with E-state index in [9.17, 15) is 18.0 Å². The third-order valence-electron chi connectivity index (χ3n) is 7.70. The third-order valence-corrected chi connectivity index (χ3v) is 9.77. The minimum atomic E-state index is -3.72. The maximum absolute atomic E-state index is 14.2. The van der Waals surface area contributed by atoms with Crippen molar-refractivity contribution in [1.29, 1.82) is 0 Å². The second-order valence-electron chi connectivity index (χ2n) is 10.3. The van der Waals surface area contributed by atoms with E-state index in [0.717, 1.165) is 32.1 Å². The summed E-state index contributed by atoms with van der Waals surface area (Å²) in [5, 5.41) is 11.5. The number of furan rings is 1. The first-order valence-electron chi connectivity index (χ1n) is 14.4. The summed E-state index contributed by atoms with van der Waals surface area (Å²) in [4.78, 5) is 29.6. The molecule has 2 aromatic heterocycles. The summed E-state index contributed by atoms with van der Waals surface area (Å²) in [6.07, 6.45) is 6.39. The van der Waals surface area contributed by atoms with Gasteiger partial charge in [0.2, 0.25) is 15.9 Å². The van der Waals surface area contributed by atoms with Crippen molar-refractivity contribution in [3.05, 3.63) is 72.7 Å². The highest BCUT2D eigenvalue weighted by Crippen LogP contribution is 2.31. The van der Waals surface area contributed by atoms with Gasteiger partial charge in [-0.25, -0.2) is 13.1 Å². The molecule has 0 bridgehead atoms. The van der Waals surface area contributed by atoms with Crippen molar-refractivity contribution >= 4 is 38.6 Å². The van der Waals surface area contributed by atoms with E-state index < -0.39 is 22.0 Å². The number of fused-ring (bicyclic) bond motifs is 1. The summed E-state index contributed by atoms with van der Waals surface area (Å²) in [6, 6.07) is 15.5. The maximum Gasteiger partial charge on any atom is 0.251 e. The van der Waals surface area contributed by atoms with E-state index in [-0.39, 0.29) is 23.4 Å². The van der Waals surface area contributed by atoms with E-state index >= 15 is 0 Å². The Labute approximate surface area is 245 Å². The summed E-state index contributed by atoms with van der Waals surface area (Å²) in [7, 11) is -3.72. The van der Waals surface area contributed by atoms with Crippen LogP contribution in [-0.2, 0) is 26.2 Å². The van der Waals surface area contributed by atoms with Gasteiger partial charge in [0.05, 0.1) is 16.7 Å². The smallest absolute Gasteiger partial charge is 0.251 e. The van der Waals surface area contributed by atoms with E-state index in [1.807, 2.05) is 18.2 Å². The highest BCUT2D eigenvalue weighted by molar-refractivity contribution is 7.89. The minimum absolute atomic E-state index is 0.00140. The summed E-state index contributed by atoms with van der Waals surface area (Å²) in [6.45, 7) is 4.02. The summed E-state index contributed by atoms with van der Waals surface area (Å²) in [5.74, 6) is -0.515. The zero-order valence-electron chi connectivity index (χ0n) is 23.8. The van der Waals surface area contributed by atoms with E-state index in [0.29, 0.717) is 35.6 Å². The molecule has 1 fully saturated rings. The van der Waals surface area contributed by atoms with Gasteiger partial charge in [-0.1, -0.05) is 50.5 Å². The molecule has 0 radical (unpaired) electrons. The summed E-state index contributed by atoms with van der Waals surface area (Å²) < 4.78 is 34.9. The number of para-hydroxylation sites is 1. The molecule has 1 atom stereocenters. The van der Waals surface area contributed by atoms with Gasteiger partial charge in [-0.2, -0.15) is 4.31 Å². The van der Waals surface area contributed by atoms with Gasteiger partial charge in [-0.05, 0) is 61.4 Å². The number of rotatable bonds is 11. The molecular formula is C30H36N6O5S. The fourth-order valence-electron chi connectivity index (χ4n) is 5.51. The lowest BCUT2D eigenvalue weighted by molar-refractivity contribution is -0.128. The van der Waals surface area contributed by atoms with Crippen molar-refractivity contribution in [1.82, 2.24) is 24.6 Å². The molecule has 2 aromatic carbocycles. The zero-order valence-corrected chi connectivity index (χ0v) is 24.7. The number of amides is 2. The van der Waals surface area contributed by atoms with Gasteiger partial charge >= 0.3 is 0 Å². The van der Waals surface area contributed by atoms with Gasteiger partial charge in [-0.3, -0.25) is 14.5 Å². The summed E-state index contributed by atoms with van der Waals surface area (Å²) >= 11 is 0. The number of nitrogens with one attached hydrogen (secondary N) is 1. The molecule has 12 heteroatoms. The first-order valence-corrected chi connectivity index (χ1v) is 15.8. The van der Waals surface area contributed by atoms with Gasteiger partial charge in [0.15, 0.2) is 6.04 Å². The zero-order chi connectivity index (χ0) is 29.7. The first-order chi connectivity index (χ1) is 20.3. The Balaban J connectivity index is 1.55. The van der Waals surface area contributed by atoms with Crippen LogP contribution in [0.2, 0.25) is 0 Å². The average molecular weight is 593 g/mol. The van der Waals surface area contributed by atoms with Gasteiger partial charge < -0.3 is 9.73 Å². The molecular weight excluding hydrogens is 556 g/mol. The monoisotopic (exact) mass is 592 g/mol. The van der Waals surface area contributed by atoms with Crippen molar-refractivity contribution in [3.8, 4) is 0 Å². The van der Waals surface area contributed by atoms with E-state index in [1.54, 1.807) is 44.2 Å². The predicted molar refractivity (Wildman–Crippen MR) is 158 cm³/mol. The molecule has 0 spiro atoms. The molecule has 11 nitrogen and oxygen atoms in total. The van der Waals surface area contributed by atoms with Crippen LogP contribution in [0.5, 0.6) is 0 Å². The Morgan fingerprint density at radius 1 is 1.00 bits per heavy atom. The van der Waals surface area contributed by atoms with Crippen molar-refractivity contribution in [3.63, 3.8) is 0 Å². The van der Waals surface area contributed by atoms with Crippen LogP contribution in [0.15, 0.2) is 76.2 Å². The Hall–Kier alpha value is -4.03. The Morgan fingerprint density at radius 3 is 2.38 bits per heavy atom. The lowest BCUT2D eigenvalue weighted by Crippen LogP contribution is -2.48. The molecule has 0 saturated heterocycles. The van der Waals surface area contributed by atoms with Gasteiger partial charge in [0.1, 0.15) is 17.8 Å². The second kappa shape index (κ2) is 12.9. The van der Waals surface area contributed by atoms with Crippen LogP contribution in [0.3, 0.4) is 0 Å². The Bertz CT molecular complexity index is 1610. The SMILES string of the molecule is CCN(CC)S(=O)(=O)c1ccc(N(C(=O)Cn2nnc3ccccc32)[C@H](C(=O)NC2CCCCC2)c2ccco2)cc1. The van der Waals surface area contributed by atoms with Gasteiger partial charge in [0, 0.05) is 24.8 Å². The normalized spacial score (nSPS) is 15.1. The molecule has 222 valence electrons. The fraction of sp³-hybridized carbons (Fsp3) is 0.400. The number of hydrogen-bond donors (Lipinski definition) is 1. The highest BCUT2D eigenvalue weighted by atomic mass is 32.2. The lowest BCUT2D eigenvalue weighted by Gasteiger charge is -2.32. The van der Waals surface area contributed by atoms with Crippen LogP contribution < -0.4 is 10.2 Å². The van der Waals surface area contributed by atoms with Crippen LogP contribution in [0.4, 0.5) is 5.69 Å². The number of aromatic nitrogens is 3. The fourth-order valence-corrected chi connectivity index (χ4v) is 6.97. The molecule has 0 aliphatic heterocycles. The van der Waals surface area contributed by atoms with Crippen LogP contribution in [0, 0.1) is 0 Å². The number of sulfonamides is 1. The lowest BCUT2D eigenvalue weighted by atomic mass is 9.95. The molecule has 1 saturated carbocycles. The first kappa shape index (κ1) is 29.5. The molecule has 1 aliphatic rings. The van der Waals surface area contributed by atoms with Crippen LogP contribution in [-0.4, -0.2) is 58.7 Å². The quantitative estimate of drug-likeness (QED) is 0.275. The van der Waals surface area contributed by atoms with E-state index in [2.05, 4.69) is 15.6 Å². The van der Waals surface area contributed by atoms with Crippen LogP contribution in [0.25, 0.3) is 11.0 Å². The average Bonchev–Trinajstić information content (AvgIpc) is 3.67. The van der Waals surface area contributed by atoms with Crippen molar-refractivity contribution in [2.45, 2.75) is 69.5 Å². The molecule has 4 aromatic rings. The van der Waals surface area contributed by atoms with E-state index in [1.165, 1.54) is 32.3 Å². The van der Waals surface area contributed by atoms with Crippen LogP contribution >= 0.6 is 0 Å². The second-order valence-corrected chi connectivity index (χ2v) is 12.3. The number of hydrogen-bond acceptors (Lipinski definition) is 7. The molecule has 2 heterocycles. The van der Waals surface area contributed by atoms with Crippen molar-refractivity contribution < 1.29 is 22.4 Å². The third kappa shape index (κ3) is 6.09. The molecule has 5 rings (SSSR count). The predicted octanol–water partition coefficient (Wildman–Crippen LogP) is 4.28. The topological polar surface area (TPSA) is 131 Å². The van der Waals surface area contributed by atoms with Crippen molar-refractivity contribution in [2.75, 3.05) is 18.0 Å². The largest absolute Gasteiger partial charge is 0.467 e. The molecule has 1 aliphatic carbocycles. The summed E-state index contributed by atoms with van der Waals surface area (Å²) in [5.41, 5.74) is 1.66. The number of carbonyl (C=O) groups excluding carboxylic acids is 2. The Kier molecular flexibility index (Phi) is 9.03.